The standard InChI is InChI=1S/C17H16N4O5/c1-19-14-13(15(23)20(2)17(19)25)21(10-18-14)7-8-26-16(24)12-5-3-11(9-22)4-6-12/h3-6,9-10H,7-8H2,1-2H3. The van der Waals surface area contributed by atoms with Crippen LogP contribution in [0.5, 0.6) is 0 Å². The van der Waals surface area contributed by atoms with E-state index in [1.54, 1.807) is 4.57 Å². The van der Waals surface area contributed by atoms with Crippen molar-refractivity contribution in [2.45, 2.75) is 6.54 Å². The van der Waals surface area contributed by atoms with Crippen LogP contribution in [0.2, 0.25) is 0 Å². The number of fused-ring (bicyclic) bond motifs is 1. The molecule has 26 heavy (non-hydrogen) atoms. The molecule has 9 heteroatoms. The van der Waals surface area contributed by atoms with E-state index < -0.39 is 17.2 Å². The Morgan fingerprint density at radius 1 is 1.15 bits per heavy atom. The largest absolute Gasteiger partial charge is 0.460 e. The second-order valence-corrected chi connectivity index (χ2v) is 5.69. The molecule has 0 aliphatic rings. The van der Waals surface area contributed by atoms with Crippen molar-refractivity contribution in [3.05, 3.63) is 62.6 Å². The van der Waals surface area contributed by atoms with Crippen molar-refractivity contribution < 1.29 is 14.3 Å². The van der Waals surface area contributed by atoms with E-state index in [0.29, 0.717) is 17.4 Å². The van der Waals surface area contributed by atoms with Crippen molar-refractivity contribution in [2.24, 2.45) is 14.1 Å². The number of nitrogens with zero attached hydrogens (tertiary/aromatic N) is 4. The third kappa shape index (κ3) is 2.94. The normalized spacial score (nSPS) is 10.8. The van der Waals surface area contributed by atoms with Crippen LogP contribution in [0, 0.1) is 0 Å². The van der Waals surface area contributed by atoms with Gasteiger partial charge in [0.1, 0.15) is 12.9 Å². The summed E-state index contributed by atoms with van der Waals surface area (Å²) in [5, 5.41) is 0. The van der Waals surface area contributed by atoms with Gasteiger partial charge in [0.05, 0.1) is 18.4 Å². The predicted octanol–water partition coefficient (Wildman–Crippen LogP) is 0.103. The number of ether oxygens (including phenoxy) is 1. The fraction of sp³-hybridized carbons (Fsp3) is 0.235. The van der Waals surface area contributed by atoms with Crippen LogP contribution < -0.4 is 11.2 Å². The maximum absolute atomic E-state index is 12.3. The Labute approximate surface area is 147 Å². The topological polar surface area (TPSA) is 105 Å². The monoisotopic (exact) mass is 356 g/mol. The van der Waals surface area contributed by atoms with Gasteiger partial charge in [-0.25, -0.2) is 14.6 Å². The number of hydrogen-bond donors (Lipinski definition) is 0. The van der Waals surface area contributed by atoms with Crippen molar-refractivity contribution in [2.75, 3.05) is 6.61 Å². The van der Waals surface area contributed by atoms with Crippen molar-refractivity contribution in [1.29, 1.82) is 0 Å². The third-order valence-corrected chi connectivity index (χ3v) is 4.07. The van der Waals surface area contributed by atoms with E-state index in [0.717, 1.165) is 4.57 Å². The van der Waals surface area contributed by atoms with E-state index in [2.05, 4.69) is 4.98 Å². The maximum atomic E-state index is 12.3. The number of benzene rings is 1. The summed E-state index contributed by atoms with van der Waals surface area (Å²) in [5.74, 6) is -0.535. The number of aromatic nitrogens is 4. The molecule has 134 valence electrons. The maximum Gasteiger partial charge on any atom is 0.338 e. The zero-order valence-electron chi connectivity index (χ0n) is 14.2. The third-order valence-electron chi connectivity index (χ3n) is 4.07. The second-order valence-electron chi connectivity index (χ2n) is 5.69. The highest BCUT2D eigenvalue weighted by Crippen LogP contribution is 2.07. The zero-order chi connectivity index (χ0) is 18.8. The molecule has 0 fully saturated rings. The Bertz CT molecular complexity index is 1110. The lowest BCUT2D eigenvalue weighted by atomic mass is 10.1. The van der Waals surface area contributed by atoms with Gasteiger partial charge in [-0.1, -0.05) is 12.1 Å². The van der Waals surface area contributed by atoms with Gasteiger partial charge in [-0.15, -0.1) is 0 Å². The van der Waals surface area contributed by atoms with Gasteiger partial charge in [-0.05, 0) is 12.1 Å². The molecule has 0 N–H and O–H groups in total. The minimum atomic E-state index is -0.535. The van der Waals surface area contributed by atoms with Gasteiger partial charge in [0.2, 0.25) is 0 Å². The number of esters is 1. The summed E-state index contributed by atoms with van der Waals surface area (Å²) in [5.41, 5.74) is 0.404. The van der Waals surface area contributed by atoms with Gasteiger partial charge in [0.15, 0.2) is 11.2 Å². The molecule has 3 rings (SSSR count). The summed E-state index contributed by atoms with van der Waals surface area (Å²) in [6.07, 6.45) is 2.12. The molecular formula is C17H16N4O5. The first-order valence-corrected chi connectivity index (χ1v) is 7.77. The van der Waals surface area contributed by atoms with Crippen LogP contribution in [0.3, 0.4) is 0 Å². The fourth-order valence-electron chi connectivity index (χ4n) is 2.58. The summed E-state index contributed by atoms with van der Waals surface area (Å²) in [4.78, 5) is 50.9. The molecule has 0 saturated carbocycles. The van der Waals surface area contributed by atoms with Crippen LogP contribution in [0.25, 0.3) is 11.2 Å². The highest BCUT2D eigenvalue weighted by molar-refractivity contribution is 5.90. The van der Waals surface area contributed by atoms with Gasteiger partial charge >= 0.3 is 11.7 Å². The number of aldehydes is 1. The van der Waals surface area contributed by atoms with Crippen LogP contribution in [0.1, 0.15) is 20.7 Å². The first-order chi connectivity index (χ1) is 12.4. The van der Waals surface area contributed by atoms with Crippen LogP contribution in [-0.2, 0) is 25.4 Å². The lowest BCUT2D eigenvalue weighted by Crippen LogP contribution is -2.37. The number of hydrogen-bond acceptors (Lipinski definition) is 6. The number of imidazole rings is 1. The van der Waals surface area contributed by atoms with Crippen LogP contribution in [-0.4, -0.2) is 37.5 Å². The Balaban J connectivity index is 1.76. The second kappa shape index (κ2) is 6.79. The highest BCUT2D eigenvalue weighted by Gasteiger charge is 2.14. The molecule has 0 bridgehead atoms. The Hall–Kier alpha value is -3.49. The average molecular weight is 356 g/mol. The van der Waals surface area contributed by atoms with Crippen molar-refractivity contribution in [3.63, 3.8) is 0 Å². The molecule has 0 spiro atoms. The van der Waals surface area contributed by atoms with Gasteiger partial charge in [-0.2, -0.15) is 0 Å². The molecular weight excluding hydrogens is 340 g/mol. The SMILES string of the molecule is Cn1c(=O)c2c(ncn2CCOC(=O)c2ccc(C=O)cc2)n(C)c1=O. The first kappa shape index (κ1) is 17.3. The first-order valence-electron chi connectivity index (χ1n) is 7.77. The minimum absolute atomic E-state index is 0.0196. The number of carbonyl (C=O) groups excluding carboxylic acids is 2. The van der Waals surface area contributed by atoms with E-state index in [-0.39, 0.29) is 24.3 Å². The van der Waals surface area contributed by atoms with Crippen LogP contribution in [0.15, 0.2) is 40.2 Å². The molecule has 0 radical (unpaired) electrons. The van der Waals surface area contributed by atoms with E-state index >= 15 is 0 Å². The minimum Gasteiger partial charge on any atom is -0.460 e. The molecule has 0 aliphatic heterocycles. The molecule has 9 nitrogen and oxygen atoms in total. The summed E-state index contributed by atoms with van der Waals surface area (Å²) in [6, 6.07) is 6.06. The lowest BCUT2D eigenvalue weighted by molar-refractivity contribution is 0.0492. The Morgan fingerprint density at radius 2 is 1.85 bits per heavy atom. The molecule has 0 aliphatic carbocycles. The van der Waals surface area contributed by atoms with Crippen LogP contribution >= 0.6 is 0 Å². The molecule has 2 heterocycles. The highest BCUT2D eigenvalue weighted by atomic mass is 16.5. The summed E-state index contributed by atoms with van der Waals surface area (Å²) in [7, 11) is 2.93. The number of aryl methyl sites for hydroxylation is 1. The quantitative estimate of drug-likeness (QED) is 0.474. The Morgan fingerprint density at radius 3 is 2.50 bits per heavy atom. The smallest absolute Gasteiger partial charge is 0.338 e. The molecule has 0 saturated heterocycles. The van der Waals surface area contributed by atoms with Gasteiger partial charge < -0.3 is 9.30 Å². The molecule has 0 atom stereocenters. The number of carbonyl (C=O) groups is 2. The Kier molecular flexibility index (Phi) is 4.53. The molecule has 1 aromatic carbocycles. The lowest BCUT2D eigenvalue weighted by Gasteiger charge is -2.08. The average Bonchev–Trinajstić information content (AvgIpc) is 3.08. The predicted molar refractivity (Wildman–Crippen MR) is 92.3 cm³/mol. The van der Waals surface area contributed by atoms with E-state index in [1.165, 1.54) is 49.3 Å². The van der Waals surface area contributed by atoms with E-state index in [4.69, 9.17) is 4.74 Å². The summed E-state index contributed by atoms with van der Waals surface area (Å²) >= 11 is 0. The van der Waals surface area contributed by atoms with Gasteiger partial charge in [-0.3, -0.25) is 18.7 Å². The number of rotatable bonds is 5. The fourth-order valence-corrected chi connectivity index (χ4v) is 2.58. The van der Waals surface area contributed by atoms with E-state index in [9.17, 15) is 19.2 Å². The van der Waals surface area contributed by atoms with Gasteiger partial charge in [0.25, 0.3) is 5.56 Å². The van der Waals surface area contributed by atoms with Crippen molar-refractivity contribution >= 4 is 23.4 Å². The zero-order valence-corrected chi connectivity index (χ0v) is 14.2. The van der Waals surface area contributed by atoms with Crippen LogP contribution in [0.4, 0.5) is 0 Å². The van der Waals surface area contributed by atoms with Crippen molar-refractivity contribution in [1.82, 2.24) is 18.7 Å². The molecule has 0 amide bonds. The van der Waals surface area contributed by atoms with E-state index in [1.807, 2.05) is 0 Å². The molecule has 3 aromatic rings. The summed E-state index contributed by atoms with van der Waals surface area (Å²) < 4.78 is 9.02. The summed E-state index contributed by atoms with van der Waals surface area (Å²) in [6.45, 7) is 0.230. The van der Waals surface area contributed by atoms with Crippen molar-refractivity contribution in [3.8, 4) is 0 Å². The molecule has 2 aromatic heterocycles. The molecule has 0 unspecified atom stereocenters. The van der Waals surface area contributed by atoms with Gasteiger partial charge in [0, 0.05) is 19.7 Å².